The fourth-order valence-corrected chi connectivity index (χ4v) is 2.07. The van der Waals surface area contributed by atoms with Crippen molar-refractivity contribution in [1.29, 1.82) is 0 Å². The van der Waals surface area contributed by atoms with Crippen molar-refractivity contribution in [3.63, 3.8) is 0 Å². The Morgan fingerprint density at radius 3 is 2.63 bits per heavy atom. The maximum Gasteiger partial charge on any atom is 0.259 e. The van der Waals surface area contributed by atoms with Crippen molar-refractivity contribution in [2.24, 2.45) is 4.99 Å². The average molecular weight is 284 g/mol. The Hall–Kier alpha value is -1.95. The first kappa shape index (κ1) is 13.5. The molecule has 7 heteroatoms. The van der Waals surface area contributed by atoms with Gasteiger partial charge in [0.15, 0.2) is 11.5 Å². The summed E-state index contributed by atoms with van der Waals surface area (Å²) in [6.07, 6.45) is 1.68. The number of nitrogens with two attached hydrogens (primary N) is 1. The van der Waals surface area contributed by atoms with Crippen molar-refractivity contribution in [3.8, 4) is 11.5 Å². The van der Waals surface area contributed by atoms with Crippen molar-refractivity contribution < 1.29 is 14.3 Å². The highest BCUT2D eigenvalue weighted by atomic mass is 35.5. The molecule has 0 saturated heterocycles. The second-order valence-electron chi connectivity index (χ2n) is 3.92. The number of nitrogen functional groups attached to an aromatic ring is 1. The Labute approximate surface area is 115 Å². The fourth-order valence-electron chi connectivity index (χ4n) is 1.88. The number of nitrogens with zero attached hydrogens (tertiary/aromatic N) is 2. The first-order chi connectivity index (χ1) is 9.10. The van der Waals surface area contributed by atoms with Crippen LogP contribution in [0.15, 0.2) is 11.1 Å². The first-order valence-electron chi connectivity index (χ1n) is 5.57. The van der Waals surface area contributed by atoms with Crippen LogP contribution >= 0.6 is 11.6 Å². The molecule has 19 heavy (non-hydrogen) atoms. The van der Waals surface area contributed by atoms with Crippen molar-refractivity contribution in [3.05, 3.63) is 16.7 Å². The van der Waals surface area contributed by atoms with Gasteiger partial charge in [-0.05, 0) is 6.07 Å². The van der Waals surface area contributed by atoms with Gasteiger partial charge in [0.05, 0.1) is 37.0 Å². The third kappa shape index (κ3) is 2.31. The second kappa shape index (κ2) is 5.36. The first-order valence-corrected chi connectivity index (χ1v) is 5.95. The van der Waals surface area contributed by atoms with E-state index >= 15 is 0 Å². The van der Waals surface area contributed by atoms with E-state index in [-0.39, 0.29) is 28.1 Å². The highest BCUT2D eigenvalue weighted by Crippen LogP contribution is 2.41. The van der Waals surface area contributed by atoms with E-state index < -0.39 is 0 Å². The van der Waals surface area contributed by atoms with Crippen LogP contribution in [-0.2, 0) is 0 Å². The summed E-state index contributed by atoms with van der Waals surface area (Å²) >= 11 is 6.01. The van der Waals surface area contributed by atoms with Crippen molar-refractivity contribution >= 4 is 29.4 Å². The molecular weight excluding hydrogens is 270 g/mol. The molecule has 0 unspecified atom stereocenters. The summed E-state index contributed by atoms with van der Waals surface area (Å²) in [5.41, 5.74) is 6.36. The zero-order chi connectivity index (χ0) is 14.0. The van der Waals surface area contributed by atoms with Crippen molar-refractivity contribution in [2.75, 3.05) is 33.2 Å². The second-order valence-corrected chi connectivity index (χ2v) is 4.33. The molecule has 1 aromatic carbocycles. The number of ether oxygens (including phenoxy) is 2. The largest absolute Gasteiger partial charge is 0.492 e. The molecule has 1 amide bonds. The predicted molar refractivity (Wildman–Crippen MR) is 73.4 cm³/mol. The lowest BCUT2D eigenvalue weighted by molar-refractivity contribution is 0.0792. The van der Waals surface area contributed by atoms with Gasteiger partial charge in [-0.2, -0.15) is 0 Å². The van der Waals surface area contributed by atoms with Gasteiger partial charge in [0.2, 0.25) is 0 Å². The van der Waals surface area contributed by atoms with E-state index in [2.05, 4.69) is 4.99 Å². The summed E-state index contributed by atoms with van der Waals surface area (Å²) < 4.78 is 10.4. The van der Waals surface area contributed by atoms with E-state index in [1.807, 2.05) is 0 Å². The van der Waals surface area contributed by atoms with Crippen LogP contribution < -0.4 is 15.2 Å². The summed E-state index contributed by atoms with van der Waals surface area (Å²) in [4.78, 5) is 17.9. The molecule has 0 fully saturated rings. The Morgan fingerprint density at radius 1 is 1.42 bits per heavy atom. The van der Waals surface area contributed by atoms with Crippen LogP contribution in [0.2, 0.25) is 5.02 Å². The molecule has 102 valence electrons. The van der Waals surface area contributed by atoms with E-state index in [1.54, 1.807) is 11.1 Å². The molecule has 0 atom stereocenters. The highest BCUT2D eigenvalue weighted by Gasteiger charge is 2.26. The van der Waals surface area contributed by atoms with Gasteiger partial charge < -0.3 is 20.1 Å². The average Bonchev–Trinajstić information content (AvgIpc) is 2.94. The number of anilines is 1. The molecule has 2 N–H and O–H groups in total. The third-order valence-corrected chi connectivity index (χ3v) is 3.15. The number of carbonyl (C=O) groups is 1. The number of hydrogen-bond acceptors (Lipinski definition) is 5. The van der Waals surface area contributed by atoms with Gasteiger partial charge in [-0.15, -0.1) is 0 Å². The monoisotopic (exact) mass is 283 g/mol. The van der Waals surface area contributed by atoms with E-state index in [0.29, 0.717) is 18.8 Å². The van der Waals surface area contributed by atoms with Crippen molar-refractivity contribution in [1.82, 2.24) is 4.90 Å². The maximum absolute atomic E-state index is 12.4. The number of halogens is 1. The lowest BCUT2D eigenvalue weighted by Gasteiger charge is -2.19. The molecule has 1 aliphatic rings. The van der Waals surface area contributed by atoms with Gasteiger partial charge in [-0.25, -0.2) is 0 Å². The van der Waals surface area contributed by atoms with Crippen LogP contribution in [0.1, 0.15) is 10.4 Å². The molecule has 0 bridgehead atoms. The van der Waals surface area contributed by atoms with Gasteiger partial charge in [0.1, 0.15) is 6.67 Å². The standard InChI is InChI=1S/C12H14ClN3O3/c1-18-10-7(12(17)16-4-3-15-6-16)5-8(13)9(14)11(10)19-2/h3,5H,4,6,14H2,1-2H3. The van der Waals surface area contributed by atoms with E-state index in [0.717, 1.165) is 0 Å². The normalized spacial score (nSPS) is 13.7. The molecule has 1 aromatic rings. The topological polar surface area (TPSA) is 77.2 Å². The molecule has 0 radical (unpaired) electrons. The molecule has 0 aromatic heterocycles. The lowest BCUT2D eigenvalue weighted by atomic mass is 10.1. The van der Waals surface area contributed by atoms with Crippen LogP contribution in [0.4, 0.5) is 5.69 Å². The molecule has 6 nitrogen and oxygen atoms in total. The van der Waals surface area contributed by atoms with Gasteiger partial charge in [0, 0.05) is 6.21 Å². The lowest BCUT2D eigenvalue weighted by Crippen LogP contribution is -2.29. The number of methoxy groups -OCH3 is 2. The number of aliphatic imine (C=N–C) groups is 1. The smallest absolute Gasteiger partial charge is 0.259 e. The van der Waals surface area contributed by atoms with Crippen LogP contribution in [0.5, 0.6) is 11.5 Å². The van der Waals surface area contributed by atoms with Gasteiger partial charge >= 0.3 is 0 Å². The number of amides is 1. The number of hydrogen-bond donors (Lipinski definition) is 1. The zero-order valence-corrected chi connectivity index (χ0v) is 11.4. The highest BCUT2D eigenvalue weighted by molar-refractivity contribution is 6.34. The minimum absolute atomic E-state index is 0.227. The molecule has 1 heterocycles. The fraction of sp³-hybridized carbons (Fsp3) is 0.333. The predicted octanol–water partition coefficient (Wildman–Crippen LogP) is 1.42. The van der Waals surface area contributed by atoms with Crippen LogP contribution in [0.3, 0.4) is 0 Å². The molecule has 2 rings (SSSR count). The molecule has 0 spiro atoms. The third-order valence-electron chi connectivity index (χ3n) is 2.83. The summed E-state index contributed by atoms with van der Waals surface area (Å²) in [5.74, 6) is 0.314. The van der Waals surface area contributed by atoms with Gasteiger partial charge in [-0.1, -0.05) is 11.6 Å². The van der Waals surface area contributed by atoms with Crippen LogP contribution in [0.25, 0.3) is 0 Å². The quantitative estimate of drug-likeness (QED) is 0.851. The minimum atomic E-state index is -0.227. The molecule has 0 saturated carbocycles. The Kier molecular flexibility index (Phi) is 3.80. The molecule has 0 aliphatic carbocycles. The summed E-state index contributed by atoms with van der Waals surface area (Å²) in [6.45, 7) is 0.790. The summed E-state index contributed by atoms with van der Waals surface area (Å²) in [7, 11) is 2.89. The van der Waals surface area contributed by atoms with E-state index in [4.69, 9.17) is 26.8 Å². The number of rotatable bonds is 3. The van der Waals surface area contributed by atoms with E-state index in [9.17, 15) is 4.79 Å². The van der Waals surface area contributed by atoms with Gasteiger partial charge in [0.25, 0.3) is 5.91 Å². The maximum atomic E-state index is 12.4. The number of carbonyl (C=O) groups excluding carboxylic acids is 1. The minimum Gasteiger partial charge on any atom is -0.492 e. The van der Waals surface area contributed by atoms with Crippen LogP contribution in [0, 0.1) is 0 Å². The zero-order valence-electron chi connectivity index (χ0n) is 10.6. The SMILES string of the molecule is COc1c(C(=O)N2CC=NC2)cc(Cl)c(N)c1OC. The Bertz CT molecular complexity index is 538. The van der Waals surface area contributed by atoms with Gasteiger partial charge in [-0.3, -0.25) is 9.79 Å². The summed E-state index contributed by atoms with van der Waals surface area (Å²) in [5, 5.41) is 0.251. The summed E-state index contributed by atoms with van der Waals surface area (Å²) in [6, 6.07) is 1.49. The Balaban J connectivity index is 2.49. The van der Waals surface area contributed by atoms with E-state index in [1.165, 1.54) is 20.3 Å². The Morgan fingerprint density at radius 2 is 2.11 bits per heavy atom. The number of benzene rings is 1. The molecular formula is C12H14ClN3O3. The molecule has 1 aliphatic heterocycles. The van der Waals surface area contributed by atoms with Crippen molar-refractivity contribution in [2.45, 2.75) is 0 Å². The van der Waals surface area contributed by atoms with Crippen LogP contribution in [-0.4, -0.2) is 44.5 Å².